The fourth-order valence-corrected chi connectivity index (χ4v) is 6.95. The number of nitrogens with one attached hydrogen (secondary N) is 1. The zero-order chi connectivity index (χ0) is 18.8. The summed E-state index contributed by atoms with van der Waals surface area (Å²) in [4.78, 5) is 33.8. The molecule has 6 rings (SSSR count). The maximum absolute atomic E-state index is 13.0. The standard InChI is InChI=1S/C20H19ClN4O2/c1-18(2)10-14(21)19-12-9-16(26)24(19)8-7-15-20(18,23-17(27)22-15)25(19)13-6-4-3-5-11(12)13/h3-8,12,14H,9-10H2,1-2H3,(H,23,27)/t12-,14-,19-,20-/m1/s1. The Morgan fingerprint density at radius 3 is 2.85 bits per heavy atom. The van der Waals surface area contributed by atoms with Crippen LogP contribution in [0.4, 0.5) is 10.5 Å². The van der Waals surface area contributed by atoms with Gasteiger partial charge in [-0.25, -0.2) is 4.79 Å². The molecule has 7 heteroatoms. The van der Waals surface area contributed by atoms with Crippen LogP contribution in [0.1, 0.15) is 38.2 Å². The van der Waals surface area contributed by atoms with Crippen LogP contribution in [0.5, 0.6) is 0 Å². The predicted molar refractivity (Wildman–Crippen MR) is 102 cm³/mol. The summed E-state index contributed by atoms with van der Waals surface area (Å²) in [7, 11) is 0. The van der Waals surface area contributed by atoms with Crippen LogP contribution in [0.2, 0.25) is 0 Å². The van der Waals surface area contributed by atoms with Crippen molar-refractivity contribution in [2.45, 2.75) is 49.3 Å². The first-order valence-electron chi connectivity index (χ1n) is 9.29. The van der Waals surface area contributed by atoms with E-state index in [4.69, 9.17) is 11.6 Å². The smallest absolute Gasteiger partial charge is 0.317 e. The zero-order valence-corrected chi connectivity index (χ0v) is 15.8. The number of piperidine rings is 1. The maximum Gasteiger partial charge on any atom is 0.343 e. The Balaban J connectivity index is 1.78. The van der Waals surface area contributed by atoms with Crippen LogP contribution in [0.3, 0.4) is 0 Å². The van der Waals surface area contributed by atoms with E-state index in [1.807, 2.05) is 18.2 Å². The lowest BCUT2D eigenvalue weighted by atomic mass is 9.65. The van der Waals surface area contributed by atoms with Crippen molar-refractivity contribution in [1.82, 2.24) is 10.2 Å². The predicted octanol–water partition coefficient (Wildman–Crippen LogP) is 2.94. The van der Waals surface area contributed by atoms with Gasteiger partial charge in [-0.3, -0.25) is 9.69 Å². The van der Waals surface area contributed by atoms with Gasteiger partial charge < -0.3 is 10.2 Å². The Labute approximate surface area is 161 Å². The van der Waals surface area contributed by atoms with E-state index in [1.54, 1.807) is 11.1 Å². The monoisotopic (exact) mass is 382 g/mol. The molecule has 138 valence electrons. The summed E-state index contributed by atoms with van der Waals surface area (Å²) in [6, 6.07) is 7.81. The first-order chi connectivity index (χ1) is 12.8. The number of carbonyl (C=O) groups is 2. The molecule has 5 aliphatic heterocycles. The van der Waals surface area contributed by atoms with Crippen molar-refractivity contribution in [3.63, 3.8) is 0 Å². The summed E-state index contributed by atoms with van der Waals surface area (Å²) in [5, 5.41) is 2.89. The third kappa shape index (κ3) is 1.41. The largest absolute Gasteiger partial charge is 0.343 e. The van der Waals surface area contributed by atoms with E-state index in [9.17, 15) is 9.59 Å². The Kier molecular flexibility index (Phi) is 2.55. The number of amides is 3. The van der Waals surface area contributed by atoms with E-state index in [-0.39, 0.29) is 28.6 Å². The molecule has 0 saturated carbocycles. The van der Waals surface area contributed by atoms with Crippen LogP contribution < -0.4 is 10.2 Å². The quantitative estimate of drug-likeness (QED) is 0.701. The molecule has 27 heavy (non-hydrogen) atoms. The normalized spacial score (nSPS) is 39.6. The minimum atomic E-state index is -0.837. The van der Waals surface area contributed by atoms with Crippen molar-refractivity contribution in [3.8, 4) is 0 Å². The number of benzene rings is 1. The van der Waals surface area contributed by atoms with Crippen LogP contribution in [0, 0.1) is 5.41 Å². The van der Waals surface area contributed by atoms with E-state index >= 15 is 0 Å². The van der Waals surface area contributed by atoms with E-state index in [1.165, 1.54) is 0 Å². The highest BCUT2D eigenvalue weighted by molar-refractivity contribution is 6.24. The molecule has 4 atom stereocenters. The molecular formula is C20H19ClN4O2. The molecule has 3 amide bonds. The van der Waals surface area contributed by atoms with Gasteiger partial charge in [0.2, 0.25) is 5.91 Å². The number of urea groups is 1. The first kappa shape index (κ1) is 15.7. The molecule has 0 aliphatic carbocycles. The summed E-state index contributed by atoms with van der Waals surface area (Å²) in [5.74, 6) is 0.0151. The van der Waals surface area contributed by atoms with Gasteiger partial charge >= 0.3 is 6.03 Å². The van der Waals surface area contributed by atoms with Gasteiger partial charge in [0.15, 0.2) is 5.66 Å². The lowest BCUT2D eigenvalue weighted by Crippen LogP contribution is -2.81. The summed E-state index contributed by atoms with van der Waals surface area (Å²) >= 11 is 7.12. The third-order valence-corrected chi connectivity index (χ3v) is 7.66. The molecule has 2 fully saturated rings. The molecule has 5 aliphatic rings. The minimum Gasteiger partial charge on any atom is -0.317 e. The van der Waals surface area contributed by atoms with Crippen LogP contribution >= 0.6 is 11.6 Å². The average Bonchev–Trinajstić information content (AvgIpc) is 3.15. The lowest BCUT2D eigenvalue weighted by molar-refractivity contribution is -0.129. The number of alkyl halides is 1. The number of rotatable bonds is 0. The molecule has 1 aromatic rings. The number of hydrogen-bond donors (Lipinski definition) is 1. The topological polar surface area (TPSA) is 65.0 Å². The summed E-state index contributed by atoms with van der Waals surface area (Å²) < 4.78 is 0. The molecule has 5 heterocycles. The molecular weight excluding hydrogens is 364 g/mol. The highest BCUT2D eigenvalue weighted by Crippen LogP contribution is 2.67. The molecule has 2 bridgehead atoms. The summed E-state index contributed by atoms with van der Waals surface area (Å²) in [6.07, 6.45) is 4.68. The van der Waals surface area contributed by atoms with E-state index in [0.717, 1.165) is 11.3 Å². The fraction of sp³-hybridized carbons (Fsp3) is 0.450. The lowest BCUT2D eigenvalue weighted by Gasteiger charge is -2.63. The second-order valence-electron chi connectivity index (χ2n) is 8.71. The van der Waals surface area contributed by atoms with Crippen molar-refractivity contribution < 1.29 is 9.59 Å². The van der Waals surface area contributed by atoms with Crippen molar-refractivity contribution in [3.05, 3.63) is 42.1 Å². The SMILES string of the molecule is CC1(C)C[C@@H](Cl)[C@]23[C@@H]4CC(=O)N2C=CC2=NC(=O)N[C@@]21N3c1ccccc14. The Hall–Kier alpha value is -2.34. The second-order valence-corrected chi connectivity index (χ2v) is 9.23. The Bertz CT molecular complexity index is 1000. The number of fused-ring (bicyclic) bond motifs is 2. The highest BCUT2D eigenvalue weighted by Gasteiger charge is 2.76. The van der Waals surface area contributed by atoms with Gasteiger partial charge in [-0.15, -0.1) is 11.6 Å². The third-order valence-electron chi connectivity index (χ3n) is 7.18. The maximum atomic E-state index is 13.0. The number of anilines is 1. The van der Waals surface area contributed by atoms with Gasteiger partial charge in [-0.2, -0.15) is 4.99 Å². The Morgan fingerprint density at radius 2 is 2.04 bits per heavy atom. The van der Waals surface area contributed by atoms with Crippen molar-refractivity contribution in [2.75, 3.05) is 4.90 Å². The first-order valence-corrected chi connectivity index (χ1v) is 9.73. The summed E-state index contributed by atoms with van der Waals surface area (Å²) in [5.41, 5.74) is 0.838. The van der Waals surface area contributed by atoms with Crippen molar-refractivity contribution in [1.29, 1.82) is 0 Å². The number of para-hydroxylation sites is 1. The summed E-state index contributed by atoms with van der Waals surface area (Å²) in [6.45, 7) is 4.24. The van der Waals surface area contributed by atoms with Crippen molar-refractivity contribution in [2.24, 2.45) is 10.4 Å². The van der Waals surface area contributed by atoms with Gasteiger partial charge in [0.1, 0.15) is 5.66 Å². The van der Waals surface area contributed by atoms with Gasteiger partial charge in [0.05, 0.1) is 11.1 Å². The Morgan fingerprint density at radius 1 is 1.26 bits per heavy atom. The van der Waals surface area contributed by atoms with Gasteiger partial charge in [0, 0.05) is 29.6 Å². The van der Waals surface area contributed by atoms with E-state index in [0.29, 0.717) is 18.6 Å². The molecule has 1 aromatic carbocycles. The molecule has 2 saturated heterocycles. The van der Waals surface area contributed by atoms with Gasteiger partial charge in [-0.1, -0.05) is 32.0 Å². The average molecular weight is 383 g/mol. The van der Waals surface area contributed by atoms with E-state index in [2.05, 4.69) is 41.2 Å². The number of aliphatic imine (C=N–C) groups is 1. The zero-order valence-electron chi connectivity index (χ0n) is 15.1. The van der Waals surface area contributed by atoms with Gasteiger partial charge in [-0.05, 0) is 24.1 Å². The molecule has 0 unspecified atom stereocenters. The van der Waals surface area contributed by atoms with Crippen molar-refractivity contribution >= 4 is 34.9 Å². The van der Waals surface area contributed by atoms with Gasteiger partial charge in [0.25, 0.3) is 0 Å². The fourth-order valence-electron chi connectivity index (χ4n) is 6.21. The van der Waals surface area contributed by atoms with Crippen LogP contribution in [0.15, 0.2) is 41.5 Å². The molecule has 2 spiro atoms. The van der Waals surface area contributed by atoms with Crippen LogP contribution in [0.25, 0.3) is 0 Å². The number of hydrogen-bond acceptors (Lipinski definition) is 3. The van der Waals surface area contributed by atoms with Crippen LogP contribution in [-0.2, 0) is 4.79 Å². The van der Waals surface area contributed by atoms with Crippen LogP contribution in [-0.4, -0.2) is 39.3 Å². The van der Waals surface area contributed by atoms with E-state index < -0.39 is 11.3 Å². The number of nitrogens with zero attached hydrogens (tertiary/aromatic N) is 3. The number of halogens is 1. The second kappa shape index (κ2) is 4.38. The molecule has 1 N–H and O–H groups in total. The molecule has 0 radical (unpaired) electrons. The molecule has 6 nitrogen and oxygen atoms in total. The minimum absolute atomic E-state index is 0.0434. The highest BCUT2D eigenvalue weighted by atomic mass is 35.5. The molecule has 0 aromatic heterocycles. The number of carbonyl (C=O) groups excluding carboxylic acids is 2.